The summed E-state index contributed by atoms with van der Waals surface area (Å²) in [7, 11) is 0. The lowest BCUT2D eigenvalue weighted by atomic mass is 9.97. The number of nitro groups is 1. The van der Waals surface area contributed by atoms with Crippen LogP contribution in [-0.4, -0.2) is 9.75 Å². The molecule has 0 fully saturated rings. The van der Waals surface area contributed by atoms with Gasteiger partial charge in [0, 0.05) is 17.0 Å². The van der Waals surface area contributed by atoms with Crippen molar-refractivity contribution >= 4 is 21.6 Å². The second-order valence-corrected chi connectivity index (χ2v) is 5.59. The monoisotopic (exact) mass is 299 g/mol. The first kappa shape index (κ1) is 14.2. The van der Waals surface area contributed by atoms with Crippen molar-refractivity contribution in [3.8, 4) is 0 Å². The van der Waals surface area contributed by atoms with Gasteiger partial charge < -0.3 is 0 Å². The molecule has 0 aromatic heterocycles. The first-order valence-corrected chi connectivity index (χ1v) is 6.83. The van der Waals surface area contributed by atoms with E-state index in [2.05, 4.69) is 29.8 Å². The third kappa shape index (κ3) is 4.46. The molecular formula is C13H18BrNO2. The summed E-state index contributed by atoms with van der Waals surface area (Å²) in [5, 5.41) is 10.5. The molecule has 0 heterocycles. The van der Waals surface area contributed by atoms with Gasteiger partial charge in [-0.25, -0.2) is 0 Å². The topological polar surface area (TPSA) is 43.1 Å². The van der Waals surface area contributed by atoms with Crippen molar-refractivity contribution in [2.24, 2.45) is 5.92 Å². The summed E-state index contributed by atoms with van der Waals surface area (Å²) in [4.78, 5) is 10.6. The van der Waals surface area contributed by atoms with Crippen molar-refractivity contribution in [1.29, 1.82) is 0 Å². The molecular weight excluding hydrogens is 282 g/mol. The number of nitrogens with zero attached hydrogens (tertiary/aromatic N) is 1. The molecule has 0 saturated carbocycles. The molecule has 3 nitrogen and oxygen atoms in total. The summed E-state index contributed by atoms with van der Waals surface area (Å²) in [6.07, 6.45) is 3.30. The van der Waals surface area contributed by atoms with Gasteiger partial charge in [-0.05, 0) is 24.3 Å². The molecule has 0 amide bonds. The molecule has 0 aliphatic rings. The summed E-state index contributed by atoms with van der Waals surface area (Å²) in [6, 6.07) is 6.81. The second kappa shape index (κ2) is 6.74. The molecule has 2 atom stereocenters. The Bertz CT molecular complexity index is 364. The maximum Gasteiger partial charge on any atom is 0.269 e. The van der Waals surface area contributed by atoms with Gasteiger partial charge in [-0.1, -0.05) is 48.3 Å². The number of non-ortho nitro benzene ring substituents is 1. The van der Waals surface area contributed by atoms with Gasteiger partial charge in [0.15, 0.2) is 0 Å². The summed E-state index contributed by atoms with van der Waals surface area (Å²) >= 11 is 3.69. The van der Waals surface area contributed by atoms with Crippen LogP contribution in [-0.2, 0) is 6.42 Å². The molecule has 94 valence electrons. The molecule has 0 aliphatic carbocycles. The maximum absolute atomic E-state index is 10.5. The number of hydrogen-bond acceptors (Lipinski definition) is 2. The van der Waals surface area contributed by atoms with Crippen molar-refractivity contribution < 1.29 is 4.92 Å². The minimum atomic E-state index is -0.366. The lowest BCUT2D eigenvalue weighted by Crippen LogP contribution is -2.13. The highest BCUT2D eigenvalue weighted by atomic mass is 79.9. The van der Waals surface area contributed by atoms with Crippen LogP contribution in [0.5, 0.6) is 0 Å². The Morgan fingerprint density at radius 1 is 1.35 bits per heavy atom. The van der Waals surface area contributed by atoms with Crippen LogP contribution in [0.4, 0.5) is 5.69 Å². The highest BCUT2D eigenvalue weighted by Crippen LogP contribution is 2.23. The molecule has 1 aromatic carbocycles. The third-order valence-electron chi connectivity index (χ3n) is 2.94. The zero-order chi connectivity index (χ0) is 12.8. The standard InChI is InChI=1S/C13H18BrNO2/c1-3-4-10(2)13(14)9-11-5-7-12(8-6-11)15(16)17/h5-8,10,13H,3-4,9H2,1-2H3. The van der Waals surface area contributed by atoms with Gasteiger partial charge in [0.2, 0.25) is 0 Å². The van der Waals surface area contributed by atoms with Crippen LogP contribution in [0.2, 0.25) is 0 Å². The van der Waals surface area contributed by atoms with E-state index in [0.717, 1.165) is 12.0 Å². The predicted octanol–water partition coefficient (Wildman–Crippen LogP) is 4.34. The van der Waals surface area contributed by atoms with Crippen LogP contribution < -0.4 is 0 Å². The van der Waals surface area contributed by atoms with E-state index in [1.807, 2.05) is 12.1 Å². The maximum atomic E-state index is 10.5. The number of hydrogen-bond donors (Lipinski definition) is 0. The van der Waals surface area contributed by atoms with Gasteiger partial charge in [0.25, 0.3) is 5.69 Å². The van der Waals surface area contributed by atoms with Crippen molar-refractivity contribution in [2.45, 2.75) is 37.9 Å². The average molecular weight is 300 g/mol. The number of halogens is 1. The van der Waals surface area contributed by atoms with Crippen LogP contribution in [0.25, 0.3) is 0 Å². The minimum Gasteiger partial charge on any atom is -0.258 e. The molecule has 0 radical (unpaired) electrons. The van der Waals surface area contributed by atoms with Crippen LogP contribution in [0.1, 0.15) is 32.3 Å². The van der Waals surface area contributed by atoms with Crippen molar-refractivity contribution in [3.05, 3.63) is 39.9 Å². The largest absolute Gasteiger partial charge is 0.269 e. The molecule has 0 bridgehead atoms. The Morgan fingerprint density at radius 2 is 1.94 bits per heavy atom. The van der Waals surface area contributed by atoms with Gasteiger partial charge in [0.1, 0.15) is 0 Å². The molecule has 0 spiro atoms. The van der Waals surface area contributed by atoms with E-state index >= 15 is 0 Å². The Labute approximate surface area is 111 Å². The van der Waals surface area contributed by atoms with Gasteiger partial charge in [-0.15, -0.1) is 0 Å². The molecule has 4 heteroatoms. The predicted molar refractivity (Wildman–Crippen MR) is 73.6 cm³/mol. The highest BCUT2D eigenvalue weighted by Gasteiger charge is 2.14. The van der Waals surface area contributed by atoms with E-state index in [1.165, 1.54) is 12.8 Å². The Balaban J connectivity index is 2.59. The molecule has 0 N–H and O–H groups in total. The van der Waals surface area contributed by atoms with Gasteiger partial charge >= 0.3 is 0 Å². The Hall–Kier alpha value is -0.900. The van der Waals surface area contributed by atoms with Crippen molar-refractivity contribution in [2.75, 3.05) is 0 Å². The number of rotatable bonds is 6. The summed E-state index contributed by atoms with van der Waals surface area (Å²) < 4.78 is 0. The van der Waals surface area contributed by atoms with Crippen LogP contribution >= 0.6 is 15.9 Å². The average Bonchev–Trinajstić information content (AvgIpc) is 2.30. The molecule has 17 heavy (non-hydrogen) atoms. The lowest BCUT2D eigenvalue weighted by molar-refractivity contribution is -0.384. The fraction of sp³-hybridized carbons (Fsp3) is 0.538. The first-order valence-electron chi connectivity index (χ1n) is 5.92. The molecule has 1 aromatic rings. The highest BCUT2D eigenvalue weighted by molar-refractivity contribution is 9.09. The van der Waals surface area contributed by atoms with E-state index in [9.17, 15) is 10.1 Å². The quantitative estimate of drug-likeness (QED) is 0.445. The van der Waals surface area contributed by atoms with E-state index < -0.39 is 0 Å². The minimum absolute atomic E-state index is 0.154. The summed E-state index contributed by atoms with van der Waals surface area (Å²) in [6.45, 7) is 4.41. The smallest absolute Gasteiger partial charge is 0.258 e. The lowest BCUT2D eigenvalue weighted by Gasteiger charge is -2.17. The Kier molecular flexibility index (Phi) is 5.62. The van der Waals surface area contributed by atoms with E-state index in [1.54, 1.807) is 12.1 Å². The van der Waals surface area contributed by atoms with Gasteiger partial charge in [-0.2, -0.15) is 0 Å². The normalized spacial score (nSPS) is 14.3. The zero-order valence-corrected chi connectivity index (χ0v) is 11.8. The van der Waals surface area contributed by atoms with E-state index in [0.29, 0.717) is 10.7 Å². The molecule has 0 saturated heterocycles. The van der Waals surface area contributed by atoms with Crippen molar-refractivity contribution in [1.82, 2.24) is 0 Å². The number of alkyl halides is 1. The van der Waals surface area contributed by atoms with Gasteiger partial charge in [-0.3, -0.25) is 10.1 Å². The molecule has 1 rings (SSSR count). The number of benzene rings is 1. The van der Waals surface area contributed by atoms with Crippen molar-refractivity contribution in [3.63, 3.8) is 0 Å². The fourth-order valence-electron chi connectivity index (χ4n) is 1.82. The SMILES string of the molecule is CCCC(C)C(Br)Cc1ccc([N+](=O)[O-])cc1. The van der Waals surface area contributed by atoms with E-state index in [4.69, 9.17) is 0 Å². The molecule has 0 aliphatic heterocycles. The number of nitro benzene ring substituents is 1. The third-order valence-corrected chi connectivity index (χ3v) is 4.17. The Morgan fingerprint density at radius 3 is 2.41 bits per heavy atom. The van der Waals surface area contributed by atoms with Crippen LogP contribution in [0.3, 0.4) is 0 Å². The van der Waals surface area contributed by atoms with Crippen LogP contribution in [0.15, 0.2) is 24.3 Å². The second-order valence-electron chi connectivity index (χ2n) is 4.41. The van der Waals surface area contributed by atoms with Crippen LogP contribution in [0, 0.1) is 16.0 Å². The summed E-state index contributed by atoms with van der Waals surface area (Å²) in [5.74, 6) is 0.621. The molecule has 2 unspecified atom stereocenters. The zero-order valence-electron chi connectivity index (χ0n) is 10.2. The first-order chi connectivity index (χ1) is 8.04. The van der Waals surface area contributed by atoms with Gasteiger partial charge in [0.05, 0.1) is 4.92 Å². The van der Waals surface area contributed by atoms with E-state index in [-0.39, 0.29) is 10.6 Å². The fourth-order valence-corrected chi connectivity index (χ4v) is 2.45. The summed E-state index contributed by atoms with van der Waals surface area (Å²) in [5.41, 5.74) is 1.29.